The van der Waals surface area contributed by atoms with Gasteiger partial charge in [0.25, 0.3) is 0 Å². The van der Waals surface area contributed by atoms with Gasteiger partial charge in [-0.1, -0.05) is 18.5 Å². The van der Waals surface area contributed by atoms with Crippen LogP contribution in [0.4, 0.5) is 0 Å². The Balaban J connectivity index is 1.58. The molecule has 1 heterocycles. The maximum atomic E-state index is 12.4. The zero-order valence-corrected chi connectivity index (χ0v) is 14.6. The van der Waals surface area contributed by atoms with E-state index in [1.54, 1.807) is 6.07 Å². The van der Waals surface area contributed by atoms with Crippen molar-refractivity contribution in [1.82, 2.24) is 10.2 Å². The molecule has 0 radical (unpaired) electrons. The van der Waals surface area contributed by atoms with Crippen molar-refractivity contribution in [2.45, 2.75) is 45.2 Å². The molecule has 0 aromatic heterocycles. The summed E-state index contributed by atoms with van der Waals surface area (Å²) >= 11 is 6.05. The highest BCUT2D eigenvalue weighted by Crippen LogP contribution is 2.32. The van der Waals surface area contributed by atoms with Crippen molar-refractivity contribution >= 4 is 23.4 Å². The number of halogens is 1. The molecule has 1 aromatic rings. The molecule has 5 nitrogen and oxygen atoms in total. The Kier molecular flexibility index (Phi) is 5.29. The second-order valence-corrected chi connectivity index (χ2v) is 6.93. The van der Waals surface area contributed by atoms with Gasteiger partial charge in [-0.15, -0.1) is 0 Å². The van der Waals surface area contributed by atoms with E-state index in [1.165, 1.54) is 0 Å². The van der Waals surface area contributed by atoms with Gasteiger partial charge in [0.2, 0.25) is 11.8 Å². The maximum Gasteiger partial charge on any atom is 0.225 e. The van der Waals surface area contributed by atoms with Gasteiger partial charge in [0.1, 0.15) is 5.75 Å². The third kappa shape index (κ3) is 4.01. The fraction of sp³-hybridized carbons (Fsp3) is 0.556. The van der Waals surface area contributed by atoms with Crippen LogP contribution in [0, 0.1) is 5.92 Å². The zero-order chi connectivity index (χ0) is 17.1. The Morgan fingerprint density at radius 2 is 2.21 bits per heavy atom. The van der Waals surface area contributed by atoms with E-state index in [0.717, 1.165) is 30.6 Å². The van der Waals surface area contributed by atoms with Gasteiger partial charge >= 0.3 is 0 Å². The quantitative estimate of drug-likeness (QED) is 0.822. The summed E-state index contributed by atoms with van der Waals surface area (Å²) in [5.74, 6) is 0.515. The van der Waals surface area contributed by atoms with Crippen molar-refractivity contribution in [3.05, 3.63) is 28.8 Å². The Hall–Kier alpha value is -1.75. The number of hydrogen-bond donors (Lipinski definition) is 1. The van der Waals surface area contributed by atoms with Gasteiger partial charge in [0.05, 0.1) is 12.5 Å². The fourth-order valence-corrected chi connectivity index (χ4v) is 3.21. The Labute approximate surface area is 147 Å². The molecule has 1 aliphatic carbocycles. The Morgan fingerprint density at radius 3 is 2.92 bits per heavy atom. The van der Waals surface area contributed by atoms with E-state index in [4.69, 9.17) is 16.3 Å². The van der Waals surface area contributed by atoms with E-state index in [-0.39, 0.29) is 17.7 Å². The number of benzene rings is 1. The van der Waals surface area contributed by atoms with E-state index in [1.807, 2.05) is 24.0 Å². The molecule has 1 saturated heterocycles. The molecular weight excluding hydrogens is 328 g/mol. The van der Waals surface area contributed by atoms with Crippen molar-refractivity contribution in [2.75, 3.05) is 13.2 Å². The van der Waals surface area contributed by atoms with Crippen LogP contribution in [0.2, 0.25) is 5.02 Å². The number of ether oxygens (including phenoxy) is 1. The third-order valence-corrected chi connectivity index (χ3v) is 4.69. The standard InChI is InChI=1S/C18H23ClN2O3/c1-2-7-24-16-6-3-14(19)8-12(16)10-20-18(23)13-9-17(22)21(11-13)15-4-5-15/h3,6,8,13,15H,2,4-5,7,9-11H2,1H3,(H,20,23). The minimum Gasteiger partial charge on any atom is -0.493 e. The average molecular weight is 351 g/mol. The number of carbonyl (C=O) groups is 2. The summed E-state index contributed by atoms with van der Waals surface area (Å²) in [5, 5.41) is 3.54. The summed E-state index contributed by atoms with van der Waals surface area (Å²) in [6.45, 7) is 3.56. The van der Waals surface area contributed by atoms with Crippen LogP contribution in [0.1, 0.15) is 38.2 Å². The SMILES string of the molecule is CCCOc1ccc(Cl)cc1CNC(=O)C1CC(=O)N(C2CC2)C1. The molecule has 2 aliphatic rings. The largest absolute Gasteiger partial charge is 0.493 e. The smallest absolute Gasteiger partial charge is 0.225 e. The van der Waals surface area contributed by atoms with Crippen molar-refractivity contribution in [3.8, 4) is 5.75 Å². The molecule has 1 aliphatic heterocycles. The van der Waals surface area contributed by atoms with Crippen LogP contribution in [-0.2, 0) is 16.1 Å². The van der Waals surface area contributed by atoms with Gasteiger partial charge in [-0.05, 0) is 37.5 Å². The first-order valence-electron chi connectivity index (χ1n) is 8.57. The van der Waals surface area contributed by atoms with E-state index in [2.05, 4.69) is 5.32 Å². The number of nitrogens with one attached hydrogen (secondary N) is 1. The minimum absolute atomic E-state index is 0.0760. The molecule has 2 amide bonds. The zero-order valence-electron chi connectivity index (χ0n) is 13.9. The Bertz CT molecular complexity index is 631. The van der Waals surface area contributed by atoms with Crippen LogP contribution >= 0.6 is 11.6 Å². The van der Waals surface area contributed by atoms with E-state index >= 15 is 0 Å². The fourth-order valence-electron chi connectivity index (χ4n) is 3.01. The topological polar surface area (TPSA) is 58.6 Å². The lowest BCUT2D eigenvalue weighted by Crippen LogP contribution is -2.33. The molecule has 0 bridgehead atoms. The molecular formula is C18H23ClN2O3. The summed E-state index contributed by atoms with van der Waals surface area (Å²) in [6, 6.07) is 5.79. The predicted octanol–water partition coefficient (Wildman–Crippen LogP) is 2.76. The maximum absolute atomic E-state index is 12.4. The van der Waals surface area contributed by atoms with Crippen LogP contribution in [0.25, 0.3) is 0 Å². The third-order valence-electron chi connectivity index (χ3n) is 4.45. The molecule has 6 heteroatoms. The molecule has 24 heavy (non-hydrogen) atoms. The molecule has 1 aromatic carbocycles. The monoisotopic (exact) mass is 350 g/mol. The second kappa shape index (κ2) is 7.43. The highest BCUT2D eigenvalue weighted by atomic mass is 35.5. The summed E-state index contributed by atoms with van der Waals surface area (Å²) < 4.78 is 5.70. The van der Waals surface area contributed by atoms with Crippen LogP contribution in [-0.4, -0.2) is 35.9 Å². The van der Waals surface area contributed by atoms with Gasteiger partial charge < -0.3 is 15.0 Å². The van der Waals surface area contributed by atoms with Gasteiger partial charge in [-0.25, -0.2) is 0 Å². The van der Waals surface area contributed by atoms with Crippen molar-refractivity contribution < 1.29 is 14.3 Å². The van der Waals surface area contributed by atoms with Gasteiger partial charge in [-0.3, -0.25) is 9.59 Å². The minimum atomic E-state index is -0.253. The molecule has 2 fully saturated rings. The summed E-state index contributed by atoms with van der Waals surface area (Å²) in [4.78, 5) is 26.2. The molecule has 1 N–H and O–H groups in total. The van der Waals surface area contributed by atoms with Gasteiger partial charge in [0, 0.05) is 36.1 Å². The van der Waals surface area contributed by atoms with Crippen LogP contribution in [0.5, 0.6) is 5.75 Å². The van der Waals surface area contributed by atoms with Crippen LogP contribution in [0.15, 0.2) is 18.2 Å². The molecule has 1 unspecified atom stereocenters. The van der Waals surface area contributed by atoms with Gasteiger partial charge in [0.15, 0.2) is 0 Å². The molecule has 1 saturated carbocycles. The summed E-state index contributed by atoms with van der Waals surface area (Å²) in [7, 11) is 0. The highest BCUT2D eigenvalue weighted by Gasteiger charge is 2.41. The molecule has 130 valence electrons. The van der Waals surface area contributed by atoms with Crippen molar-refractivity contribution in [1.29, 1.82) is 0 Å². The predicted molar refractivity (Wildman–Crippen MR) is 91.9 cm³/mol. The average Bonchev–Trinajstić information content (AvgIpc) is 3.33. The van der Waals surface area contributed by atoms with E-state index in [0.29, 0.717) is 37.2 Å². The first kappa shape index (κ1) is 17.1. The second-order valence-electron chi connectivity index (χ2n) is 6.50. The number of amides is 2. The number of rotatable bonds is 7. The highest BCUT2D eigenvalue weighted by molar-refractivity contribution is 6.30. The molecule has 3 rings (SSSR count). The van der Waals surface area contributed by atoms with E-state index in [9.17, 15) is 9.59 Å². The number of carbonyl (C=O) groups excluding carboxylic acids is 2. The first-order valence-corrected chi connectivity index (χ1v) is 8.94. The summed E-state index contributed by atoms with van der Waals surface area (Å²) in [5.41, 5.74) is 0.854. The number of likely N-dealkylation sites (tertiary alicyclic amines) is 1. The number of hydrogen-bond acceptors (Lipinski definition) is 3. The molecule has 0 spiro atoms. The normalized spacial score (nSPS) is 20.3. The first-order chi connectivity index (χ1) is 11.6. The van der Waals surface area contributed by atoms with E-state index < -0.39 is 0 Å². The van der Waals surface area contributed by atoms with Crippen molar-refractivity contribution in [2.24, 2.45) is 5.92 Å². The molecule has 1 atom stereocenters. The lowest BCUT2D eigenvalue weighted by molar-refractivity contribution is -0.129. The lowest BCUT2D eigenvalue weighted by Gasteiger charge is -2.16. The lowest BCUT2D eigenvalue weighted by atomic mass is 10.1. The summed E-state index contributed by atoms with van der Waals surface area (Å²) in [6.07, 6.45) is 3.37. The van der Waals surface area contributed by atoms with Gasteiger partial charge in [-0.2, -0.15) is 0 Å². The van der Waals surface area contributed by atoms with Crippen LogP contribution in [0.3, 0.4) is 0 Å². The van der Waals surface area contributed by atoms with Crippen LogP contribution < -0.4 is 10.1 Å². The Morgan fingerprint density at radius 1 is 1.42 bits per heavy atom. The number of nitrogens with zero attached hydrogens (tertiary/aromatic N) is 1. The van der Waals surface area contributed by atoms with Crippen molar-refractivity contribution in [3.63, 3.8) is 0 Å².